The minimum atomic E-state index is -2.03. The minimum absolute atomic E-state index is 0.0165. The van der Waals surface area contributed by atoms with Gasteiger partial charge in [-0.25, -0.2) is 5.01 Å². The van der Waals surface area contributed by atoms with E-state index >= 15 is 0 Å². The first kappa shape index (κ1) is 37.4. The molecule has 10 heteroatoms. The molecule has 1 N–H and O–H groups in total. The molecule has 0 saturated carbocycles. The fraction of sp³-hybridized carbons (Fsp3) is 0.364. The molecule has 280 valence electrons. The van der Waals surface area contributed by atoms with E-state index in [0.717, 1.165) is 53.2 Å². The predicted molar refractivity (Wildman–Crippen MR) is 216 cm³/mol. The topological polar surface area (TPSA) is 102 Å². The number of anilines is 1. The standard InChI is InChI=1S/C44H51N5O4Si/c1-31-41(25-17-32-15-18-35(19-16-32)49-43(51)26-24-39(46-49)34-13-9-6-10-14-34)53-42(44(31)54(3,4)37-22-20-36(52-2)21-23-37)27-28-48-29-40(45-47-48)38(30-50)33-11-7-5-8-12-33/h5-16,18-23,29,31,38,41-42,44,50H,17,24-28,30H2,1-4H3/t31-,38?,41+,42-,44+/m0/s1. The Morgan fingerprint density at radius 1 is 0.889 bits per heavy atom. The van der Waals surface area contributed by atoms with Crippen LogP contribution in [0, 0.1) is 5.92 Å². The summed E-state index contributed by atoms with van der Waals surface area (Å²) >= 11 is 0. The van der Waals surface area contributed by atoms with Gasteiger partial charge < -0.3 is 14.6 Å². The molecular formula is C44H51N5O4Si. The van der Waals surface area contributed by atoms with Crippen LogP contribution in [-0.2, 0) is 22.5 Å². The largest absolute Gasteiger partial charge is 0.497 e. The van der Waals surface area contributed by atoms with Crippen LogP contribution in [0.3, 0.4) is 0 Å². The highest BCUT2D eigenvalue weighted by Crippen LogP contribution is 2.46. The first-order valence-electron chi connectivity index (χ1n) is 19.2. The van der Waals surface area contributed by atoms with Gasteiger partial charge in [0.25, 0.3) is 0 Å². The zero-order chi connectivity index (χ0) is 37.7. The molecule has 0 aliphatic carbocycles. The molecule has 2 aliphatic rings. The summed E-state index contributed by atoms with van der Waals surface area (Å²) in [5.41, 5.74) is 6.17. The van der Waals surface area contributed by atoms with Crippen LogP contribution in [0.1, 0.15) is 60.9 Å². The third-order valence-corrected chi connectivity index (χ3v) is 15.9. The number of aryl methyl sites for hydroxylation is 2. The lowest BCUT2D eigenvalue weighted by Gasteiger charge is -2.36. The maximum Gasteiger partial charge on any atom is 0.247 e. The second kappa shape index (κ2) is 16.6. The summed E-state index contributed by atoms with van der Waals surface area (Å²) < 4.78 is 14.4. The fourth-order valence-electron chi connectivity index (χ4n) is 8.52. The van der Waals surface area contributed by atoms with Gasteiger partial charge in [-0.05, 0) is 71.7 Å². The number of hydrogen-bond acceptors (Lipinski definition) is 7. The molecule has 5 aromatic rings. The molecule has 4 aromatic carbocycles. The van der Waals surface area contributed by atoms with Crippen LogP contribution in [0.25, 0.3) is 0 Å². The zero-order valence-electron chi connectivity index (χ0n) is 31.7. The summed E-state index contributed by atoms with van der Waals surface area (Å²) in [7, 11) is -0.323. The molecule has 0 spiro atoms. The van der Waals surface area contributed by atoms with Gasteiger partial charge in [0.2, 0.25) is 5.91 Å². The molecule has 1 fully saturated rings. The van der Waals surface area contributed by atoms with Gasteiger partial charge in [0.1, 0.15) is 5.75 Å². The van der Waals surface area contributed by atoms with Crippen LogP contribution in [0.4, 0.5) is 5.69 Å². The maximum absolute atomic E-state index is 12.9. The lowest BCUT2D eigenvalue weighted by atomic mass is 9.95. The van der Waals surface area contributed by atoms with E-state index in [9.17, 15) is 9.90 Å². The van der Waals surface area contributed by atoms with Crippen molar-refractivity contribution in [2.24, 2.45) is 11.0 Å². The quantitative estimate of drug-likeness (QED) is 0.120. The van der Waals surface area contributed by atoms with Crippen molar-refractivity contribution in [3.63, 3.8) is 0 Å². The molecule has 2 aliphatic heterocycles. The van der Waals surface area contributed by atoms with Crippen molar-refractivity contribution in [2.75, 3.05) is 18.7 Å². The van der Waals surface area contributed by atoms with Crippen molar-refractivity contribution in [3.05, 3.63) is 138 Å². The van der Waals surface area contributed by atoms with Crippen LogP contribution in [0.5, 0.6) is 5.75 Å². The number of aliphatic hydroxyl groups is 1. The van der Waals surface area contributed by atoms with Crippen LogP contribution in [-0.4, -0.2) is 65.7 Å². The highest BCUT2D eigenvalue weighted by Gasteiger charge is 2.50. The van der Waals surface area contributed by atoms with Crippen molar-refractivity contribution in [3.8, 4) is 5.75 Å². The number of carbonyl (C=O) groups excluding carboxylic acids is 1. The molecule has 0 bridgehead atoms. The van der Waals surface area contributed by atoms with Gasteiger partial charge in [-0.15, -0.1) is 5.10 Å². The Balaban J connectivity index is 1.06. The van der Waals surface area contributed by atoms with Crippen molar-refractivity contribution >= 4 is 30.6 Å². The SMILES string of the molecule is COc1ccc([Si](C)(C)[C@@H]2[C@@H](C)[C@@H](CCc3ccc(N4N=C(c5ccccc5)CCC4=O)cc3)O[C@H]2CCn2cc(C(CO)c3ccccc3)nn2)cc1. The Kier molecular flexibility index (Phi) is 11.5. The molecule has 54 heavy (non-hydrogen) atoms. The third kappa shape index (κ3) is 8.11. The Hall–Kier alpha value is -4.90. The lowest BCUT2D eigenvalue weighted by Crippen LogP contribution is -2.50. The van der Waals surface area contributed by atoms with Crippen LogP contribution >= 0.6 is 0 Å². The Labute approximate surface area is 319 Å². The van der Waals surface area contributed by atoms with Crippen molar-refractivity contribution in [2.45, 2.75) is 82.3 Å². The van der Waals surface area contributed by atoms with Gasteiger partial charge in [-0.3, -0.25) is 9.48 Å². The number of nitrogens with zero attached hydrogens (tertiary/aromatic N) is 5. The Morgan fingerprint density at radius 3 is 2.28 bits per heavy atom. The number of rotatable bonds is 14. The van der Waals surface area contributed by atoms with E-state index in [1.54, 1.807) is 12.1 Å². The number of hydrazone groups is 1. The monoisotopic (exact) mass is 741 g/mol. The Bertz CT molecular complexity index is 2020. The van der Waals surface area contributed by atoms with E-state index in [1.165, 1.54) is 10.8 Å². The molecule has 1 aromatic heterocycles. The van der Waals surface area contributed by atoms with Gasteiger partial charge in [-0.1, -0.05) is 115 Å². The van der Waals surface area contributed by atoms with Crippen molar-refractivity contribution < 1.29 is 19.4 Å². The van der Waals surface area contributed by atoms with Gasteiger partial charge in [0.05, 0.1) is 57.0 Å². The molecule has 9 nitrogen and oxygen atoms in total. The summed E-state index contributed by atoms with van der Waals surface area (Å²) in [5, 5.41) is 26.9. The number of amides is 1. The summed E-state index contributed by atoms with van der Waals surface area (Å²) in [6.45, 7) is 7.97. The zero-order valence-corrected chi connectivity index (χ0v) is 32.7. The lowest BCUT2D eigenvalue weighted by molar-refractivity contribution is -0.118. The number of benzene rings is 4. The highest BCUT2D eigenvalue weighted by atomic mass is 28.3. The fourth-order valence-corrected chi connectivity index (χ4v) is 12.6. The molecule has 0 radical (unpaired) electrons. The minimum Gasteiger partial charge on any atom is -0.497 e. The van der Waals surface area contributed by atoms with Gasteiger partial charge in [0, 0.05) is 25.6 Å². The van der Waals surface area contributed by atoms with E-state index in [2.05, 4.69) is 66.7 Å². The second-order valence-electron chi connectivity index (χ2n) is 15.2. The van der Waals surface area contributed by atoms with E-state index in [1.807, 2.05) is 83.7 Å². The smallest absolute Gasteiger partial charge is 0.247 e. The molecule has 1 unspecified atom stereocenters. The van der Waals surface area contributed by atoms with Crippen LogP contribution in [0.2, 0.25) is 18.6 Å². The molecule has 5 atom stereocenters. The van der Waals surface area contributed by atoms with Gasteiger partial charge in [-0.2, -0.15) is 5.10 Å². The molecule has 7 rings (SSSR count). The summed E-state index contributed by atoms with van der Waals surface area (Å²) in [4.78, 5) is 12.9. The molecule has 1 amide bonds. The van der Waals surface area contributed by atoms with Crippen LogP contribution in [0.15, 0.2) is 120 Å². The molecular weight excluding hydrogens is 691 g/mol. The number of hydrogen-bond donors (Lipinski definition) is 1. The van der Waals surface area contributed by atoms with E-state index in [-0.39, 0.29) is 30.6 Å². The average Bonchev–Trinajstić information content (AvgIpc) is 3.81. The summed E-state index contributed by atoms with van der Waals surface area (Å²) in [6.07, 6.45) is 5.83. The van der Waals surface area contributed by atoms with Gasteiger partial charge >= 0.3 is 0 Å². The van der Waals surface area contributed by atoms with Gasteiger partial charge in [0.15, 0.2) is 0 Å². The predicted octanol–water partition coefficient (Wildman–Crippen LogP) is 7.35. The number of carbonyl (C=O) groups is 1. The van der Waals surface area contributed by atoms with E-state index in [4.69, 9.17) is 14.6 Å². The maximum atomic E-state index is 12.9. The number of methoxy groups -OCH3 is 1. The number of aromatic nitrogens is 3. The number of ether oxygens (including phenoxy) is 2. The van der Waals surface area contributed by atoms with Crippen molar-refractivity contribution in [1.29, 1.82) is 0 Å². The number of aliphatic hydroxyl groups excluding tert-OH is 1. The van der Waals surface area contributed by atoms with E-state index in [0.29, 0.717) is 30.8 Å². The average molecular weight is 742 g/mol. The highest BCUT2D eigenvalue weighted by molar-refractivity contribution is 6.91. The summed E-state index contributed by atoms with van der Waals surface area (Å²) in [5.74, 6) is 1.03. The van der Waals surface area contributed by atoms with Crippen molar-refractivity contribution in [1.82, 2.24) is 15.0 Å². The first-order valence-corrected chi connectivity index (χ1v) is 22.2. The molecule has 1 saturated heterocycles. The summed E-state index contributed by atoms with van der Waals surface area (Å²) in [6, 6.07) is 37.0. The third-order valence-electron chi connectivity index (χ3n) is 11.5. The normalized spacial score (nSPS) is 20.9. The van der Waals surface area contributed by atoms with Crippen LogP contribution < -0.4 is 14.9 Å². The molecule has 3 heterocycles. The second-order valence-corrected chi connectivity index (χ2v) is 19.9. The first-order chi connectivity index (χ1) is 26.2. The Morgan fingerprint density at radius 2 is 1.59 bits per heavy atom. The van der Waals surface area contributed by atoms with E-state index < -0.39 is 8.07 Å².